The Labute approximate surface area is 77.5 Å². The van der Waals surface area contributed by atoms with Crippen LogP contribution >= 0.6 is 0 Å². The maximum absolute atomic E-state index is 10.7. The fourth-order valence-corrected chi connectivity index (χ4v) is 2.30. The first kappa shape index (κ1) is 10.0. The van der Waals surface area contributed by atoms with Crippen molar-refractivity contribution in [2.24, 2.45) is 5.92 Å². The lowest BCUT2D eigenvalue weighted by Crippen LogP contribution is -2.44. The third-order valence-electron chi connectivity index (χ3n) is 2.11. The highest BCUT2D eigenvalue weighted by Gasteiger charge is 2.28. The topological polar surface area (TPSA) is 74.7 Å². The quantitative estimate of drug-likeness (QED) is 0.581. The van der Waals surface area contributed by atoms with Crippen molar-refractivity contribution in [1.29, 1.82) is 0 Å². The molecule has 0 bridgehead atoms. The van der Waals surface area contributed by atoms with Gasteiger partial charge in [0.15, 0.2) is 0 Å². The third-order valence-corrected chi connectivity index (χ3v) is 3.07. The zero-order valence-electron chi connectivity index (χ0n) is 7.23. The molecule has 0 aromatic heterocycles. The Balaban J connectivity index is 3.09. The average Bonchev–Trinajstić information content (AvgIpc) is 2.02. The molecule has 1 N–H and O–H groups in total. The van der Waals surface area contributed by atoms with Crippen LogP contribution in [0.3, 0.4) is 0 Å². The molecule has 0 saturated carbocycles. The number of carbonyl (C=O) groups is 1. The third kappa shape index (κ3) is 2.00. The van der Waals surface area contributed by atoms with Crippen LogP contribution in [0.1, 0.15) is 19.8 Å². The molecule has 0 aromatic rings. The molecule has 1 fully saturated rings. The molecule has 74 valence electrons. The van der Waals surface area contributed by atoms with Gasteiger partial charge in [0.1, 0.15) is 4.99 Å². The van der Waals surface area contributed by atoms with Gasteiger partial charge in [-0.3, -0.25) is 4.90 Å². The number of rotatable bonds is 0. The van der Waals surface area contributed by atoms with Gasteiger partial charge >= 0.3 is 6.09 Å². The van der Waals surface area contributed by atoms with Crippen molar-refractivity contribution < 1.29 is 18.3 Å². The van der Waals surface area contributed by atoms with Gasteiger partial charge < -0.3 is 5.11 Å². The number of carboxylic acid groups (broad SMARTS) is 1. The molecule has 0 aromatic carbocycles. The van der Waals surface area contributed by atoms with E-state index in [4.69, 9.17) is 5.11 Å². The Morgan fingerprint density at radius 2 is 2.23 bits per heavy atom. The van der Waals surface area contributed by atoms with Crippen LogP contribution in [-0.4, -0.2) is 36.1 Å². The maximum Gasteiger partial charge on any atom is 0.412 e. The first-order chi connectivity index (χ1) is 6.04. The standard InChI is InChI=1S/C7H11NO4S/c1-5-3-2-4-8(7(9)10)6(5)13(11)12/h5H,2-4H2,1H3,(H,9,10). The van der Waals surface area contributed by atoms with E-state index in [0.717, 1.165) is 11.3 Å². The monoisotopic (exact) mass is 205 g/mol. The van der Waals surface area contributed by atoms with Crippen LogP contribution in [0.4, 0.5) is 4.79 Å². The largest absolute Gasteiger partial charge is 0.465 e. The minimum atomic E-state index is -2.42. The molecule has 1 rings (SSSR count). The van der Waals surface area contributed by atoms with E-state index in [-0.39, 0.29) is 17.5 Å². The maximum atomic E-state index is 10.7. The minimum absolute atomic E-state index is 0.00116. The Bertz CT molecular complexity index is 338. The van der Waals surface area contributed by atoms with Gasteiger partial charge in [0.05, 0.1) is 0 Å². The minimum Gasteiger partial charge on any atom is -0.465 e. The molecule has 1 saturated heterocycles. The number of hydrogen-bond acceptors (Lipinski definition) is 3. The highest BCUT2D eigenvalue weighted by molar-refractivity contribution is 7.72. The lowest BCUT2D eigenvalue weighted by Gasteiger charge is -2.28. The van der Waals surface area contributed by atoms with Crippen molar-refractivity contribution in [3.63, 3.8) is 0 Å². The molecule has 5 nitrogen and oxygen atoms in total. The van der Waals surface area contributed by atoms with Crippen molar-refractivity contribution in [1.82, 2.24) is 4.90 Å². The van der Waals surface area contributed by atoms with E-state index in [0.29, 0.717) is 6.42 Å². The van der Waals surface area contributed by atoms with Crippen LogP contribution in [-0.2, 0) is 10.3 Å². The fourth-order valence-electron chi connectivity index (χ4n) is 1.50. The Morgan fingerprint density at radius 1 is 1.62 bits per heavy atom. The van der Waals surface area contributed by atoms with E-state index in [9.17, 15) is 13.2 Å². The predicted octanol–water partition coefficient (Wildman–Crippen LogP) is 0.405. The van der Waals surface area contributed by atoms with E-state index in [1.807, 2.05) is 0 Å². The lowest BCUT2D eigenvalue weighted by atomic mass is 10.0. The Kier molecular flexibility index (Phi) is 2.92. The second kappa shape index (κ2) is 3.78. The number of hydrogen-bond donors (Lipinski definition) is 1. The first-order valence-electron chi connectivity index (χ1n) is 4.00. The number of likely N-dealkylation sites (tertiary alicyclic amines) is 1. The van der Waals surface area contributed by atoms with Crippen molar-refractivity contribution in [2.75, 3.05) is 6.54 Å². The average molecular weight is 205 g/mol. The molecule has 0 aliphatic carbocycles. The van der Waals surface area contributed by atoms with Crippen LogP contribution in [0, 0.1) is 5.92 Å². The summed E-state index contributed by atoms with van der Waals surface area (Å²) >= 11 is 0. The smallest absolute Gasteiger partial charge is 0.412 e. The summed E-state index contributed by atoms with van der Waals surface area (Å²) in [5.41, 5.74) is 0. The van der Waals surface area contributed by atoms with Crippen LogP contribution in [0.2, 0.25) is 0 Å². The molecule has 1 heterocycles. The zero-order chi connectivity index (χ0) is 10.0. The van der Waals surface area contributed by atoms with Gasteiger partial charge in [-0.2, -0.15) is 8.42 Å². The molecular formula is C7H11NO4S. The molecule has 1 unspecified atom stereocenters. The van der Waals surface area contributed by atoms with Crippen LogP contribution in [0.25, 0.3) is 0 Å². The molecule has 1 aliphatic heterocycles. The lowest BCUT2D eigenvalue weighted by molar-refractivity contribution is 0.164. The van der Waals surface area contributed by atoms with Gasteiger partial charge in [-0.25, -0.2) is 4.79 Å². The van der Waals surface area contributed by atoms with E-state index in [1.54, 1.807) is 6.92 Å². The van der Waals surface area contributed by atoms with Gasteiger partial charge in [0, 0.05) is 12.5 Å². The number of amides is 1. The molecule has 1 amide bonds. The van der Waals surface area contributed by atoms with Crippen molar-refractivity contribution in [3.8, 4) is 0 Å². The van der Waals surface area contributed by atoms with Crippen molar-refractivity contribution in [3.05, 3.63) is 0 Å². The zero-order valence-corrected chi connectivity index (χ0v) is 8.04. The first-order valence-corrected chi connectivity index (χ1v) is 5.08. The summed E-state index contributed by atoms with van der Waals surface area (Å²) < 4.78 is 21.5. The molecule has 0 radical (unpaired) electrons. The second-order valence-electron chi connectivity index (χ2n) is 3.05. The van der Waals surface area contributed by atoms with E-state index in [1.165, 1.54) is 0 Å². The summed E-state index contributed by atoms with van der Waals surface area (Å²) in [5.74, 6) is -0.191. The SMILES string of the molecule is CC1CCCN(C(=O)O)C1=S(=O)=O. The van der Waals surface area contributed by atoms with Crippen molar-refractivity contribution in [2.45, 2.75) is 19.8 Å². The summed E-state index contributed by atoms with van der Waals surface area (Å²) in [6.45, 7) is 2.00. The second-order valence-corrected chi connectivity index (χ2v) is 3.94. The van der Waals surface area contributed by atoms with Gasteiger partial charge in [-0.15, -0.1) is 0 Å². The summed E-state index contributed by atoms with van der Waals surface area (Å²) in [6, 6.07) is 0. The van der Waals surface area contributed by atoms with E-state index in [2.05, 4.69) is 0 Å². The van der Waals surface area contributed by atoms with Crippen molar-refractivity contribution >= 4 is 21.4 Å². The predicted molar refractivity (Wildman–Crippen MR) is 47.1 cm³/mol. The molecular weight excluding hydrogens is 194 g/mol. The molecule has 13 heavy (non-hydrogen) atoms. The Morgan fingerprint density at radius 3 is 2.62 bits per heavy atom. The molecule has 1 atom stereocenters. The Hall–Kier alpha value is -1.04. The summed E-state index contributed by atoms with van der Waals surface area (Å²) in [5, 5.41) is 8.71. The summed E-state index contributed by atoms with van der Waals surface area (Å²) in [4.78, 5) is 11.6. The normalized spacial score (nSPS) is 23.0. The van der Waals surface area contributed by atoms with Gasteiger partial charge in [-0.05, 0) is 12.8 Å². The van der Waals surface area contributed by atoms with Gasteiger partial charge in [0.2, 0.25) is 10.3 Å². The summed E-state index contributed by atoms with van der Waals surface area (Å²) in [7, 11) is -2.42. The number of nitrogens with zero attached hydrogens (tertiary/aromatic N) is 1. The molecule has 6 heteroatoms. The van der Waals surface area contributed by atoms with Gasteiger partial charge in [-0.1, -0.05) is 6.92 Å². The van der Waals surface area contributed by atoms with Crippen LogP contribution in [0.15, 0.2) is 0 Å². The summed E-state index contributed by atoms with van der Waals surface area (Å²) in [6.07, 6.45) is 0.257. The van der Waals surface area contributed by atoms with Crippen LogP contribution in [0.5, 0.6) is 0 Å². The molecule has 1 aliphatic rings. The number of piperidine rings is 1. The van der Waals surface area contributed by atoms with Gasteiger partial charge in [0.25, 0.3) is 0 Å². The van der Waals surface area contributed by atoms with E-state index >= 15 is 0 Å². The molecule has 0 spiro atoms. The highest BCUT2D eigenvalue weighted by atomic mass is 32.2. The fraction of sp³-hybridized carbons (Fsp3) is 0.714. The van der Waals surface area contributed by atoms with E-state index < -0.39 is 16.4 Å². The highest BCUT2D eigenvalue weighted by Crippen LogP contribution is 2.17. The van der Waals surface area contributed by atoms with Crippen LogP contribution < -0.4 is 0 Å².